The predicted molar refractivity (Wildman–Crippen MR) is 79.2 cm³/mol. The minimum atomic E-state index is -0.951. The van der Waals surface area contributed by atoms with E-state index < -0.39 is 23.5 Å². The number of benzene rings is 1. The number of methoxy groups -OCH3 is 2. The monoisotopic (exact) mass is 330 g/mol. The molecule has 0 radical (unpaired) electrons. The molecule has 0 unspecified atom stereocenters. The molecule has 1 heterocycles. The number of carbonyl (C=O) groups is 3. The van der Waals surface area contributed by atoms with Gasteiger partial charge in [0.25, 0.3) is 0 Å². The van der Waals surface area contributed by atoms with E-state index in [1.807, 2.05) is 0 Å². The summed E-state index contributed by atoms with van der Waals surface area (Å²) < 4.78 is 27.1. The first-order chi connectivity index (χ1) is 11.5. The Labute approximate surface area is 136 Å². The Bertz CT molecular complexity index is 852. The van der Waals surface area contributed by atoms with Gasteiger partial charge in [0.1, 0.15) is 11.4 Å². The second-order valence-electron chi connectivity index (χ2n) is 4.40. The zero-order valence-corrected chi connectivity index (χ0v) is 12.7. The van der Waals surface area contributed by atoms with Gasteiger partial charge in [-0.05, 0) is 24.3 Å². The third-order valence-corrected chi connectivity index (χ3v) is 2.98. The van der Waals surface area contributed by atoms with Crippen LogP contribution in [0.2, 0.25) is 0 Å². The van der Waals surface area contributed by atoms with Gasteiger partial charge in [0, 0.05) is 5.56 Å². The summed E-state index contributed by atoms with van der Waals surface area (Å²) in [6.07, 6.45) is 0.313. The third kappa shape index (κ3) is 3.33. The molecule has 2 rings (SSSR count). The number of hydrogen-bond acceptors (Lipinski definition) is 6. The fraction of sp³-hybridized carbons (Fsp3) is 0.118. The Balaban J connectivity index is 2.61. The van der Waals surface area contributed by atoms with Crippen LogP contribution in [0.1, 0.15) is 42.6 Å². The van der Waals surface area contributed by atoms with Gasteiger partial charge in [0.05, 0.1) is 19.8 Å². The lowest BCUT2D eigenvalue weighted by Crippen LogP contribution is -2.10. The highest BCUT2D eigenvalue weighted by Crippen LogP contribution is 2.23. The van der Waals surface area contributed by atoms with Crippen molar-refractivity contribution < 1.29 is 32.7 Å². The van der Waals surface area contributed by atoms with Crippen molar-refractivity contribution in [3.05, 3.63) is 58.3 Å². The molecule has 0 aliphatic carbocycles. The zero-order valence-electron chi connectivity index (χ0n) is 12.7. The molecule has 0 N–H and O–H groups in total. The van der Waals surface area contributed by atoms with E-state index >= 15 is 0 Å². The topological polar surface area (TPSA) is 82.8 Å². The van der Waals surface area contributed by atoms with Crippen LogP contribution in [0.5, 0.6) is 0 Å². The molecule has 0 bridgehead atoms. The van der Waals surface area contributed by atoms with Gasteiger partial charge in [-0.3, -0.25) is 4.79 Å². The number of esters is 2. The van der Waals surface area contributed by atoms with Crippen molar-refractivity contribution in [2.24, 2.45) is 0 Å². The molecule has 0 saturated heterocycles. The van der Waals surface area contributed by atoms with Crippen LogP contribution in [-0.4, -0.2) is 32.4 Å². The lowest BCUT2D eigenvalue weighted by Gasteiger charge is -1.99. The highest BCUT2D eigenvalue weighted by molar-refractivity contribution is 6.05. The Morgan fingerprint density at radius 1 is 1.08 bits per heavy atom. The van der Waals surface area contributed by atoms with Gasteiger partial charge in [-0.1, -0.05) is 11.8 Å². The van der Waals surface area contributed by atoms with Crippen molar-refractivity contribution in [3.63, 3.8) is 0 Å². The van der Waals surface area contributed by atoms with Crippen LogP contribution in [-0.2, 0) is 9.47 Å². The van der Waals surface area contributed by atoms with E-state index in [9.17, 15) is 18.8 Å². The molecule has 1 aromatic heterocycles. The van der Waals surface area contributed by atoms with Crippen LogP contribution < -0.4 is 0 Å². The molecule has 0 amide bonds. The summed E-state index contributed by atoms with van der Waals surface area (Å²) in [7, 11) is 2.20. The van der Waals surface area contributed by atoms with E-state index in [0.717, 1.165) is 14.2 Å². The predicted octanol–water partition coefficient (Wildman–Crippen LogP) is 2.20. The van der Waals surface area contributed by atoms with Crippen molar-refractivity contribution in [2.45, 2.75) is 0 Å². The van der Waals surface area contributed by atoms with Crippen LogP contribution in [0.15, 0.2) is 28.7 Å². The molecule has 1 aromatic carbocycles. The van der Waals surface area contributed by atoms with Gasteiger partial charge in [-0.2, -0.15) is 0 Å². The Hall–Kier alpha value is -3.40. The zero-order chi connectivity index (χ0) is 17.7. The molecular weight excluding hydrogens is 319 g/mol. The third-order valence-electron chi connectivity index (χ3n) is 2.98. The summed E-state index contributed by atoms with van der Waals surface area (Å²) in [4.78, 5) is 34.8. The molecular formula is C17H11FO6. The molecule has 0 fully saturated rings. The first kappa shape index (κ1) is 17.0. The van der Waals surface area contributed by atoms with E-state index in [2.05, 4.69) is 21.3 Å². The first-order valence-electron chi connectivity index (χ1n) is 6.58. The maximum Gasteiger partial charge on any atom is 0.374 e. The molecule has 122 valence electrons. The summed E-state index contributed by atoms with van der Waals surface area (Å²) in [5.41, 5.74) is 0.0209. The molecule has 2 aromatic rings. The van der Waals surface area contributed by atoms with Gasteiger partial charge in [-0.25, -0.2) is 14.0 Å². The van der Waals surface area contributed by atoms with Crippen molar-refractivity contribution >= 4 is 18.2 Å². The fourth-order valence-electron chi connectivity index (χ4n) is 1.86. The van der Waals surface area contributed by atoms with Crippen molar-refractivity contribution in [3.8, 4) is 11.8 Å². The van der Waals surface area contributed by atoms with E-state index in [0.29, 0.717) is 11.8 Å². The maximum atomic E-state index is 12.9. The average molecular weight is 330 g/mol. The number of aldehydes is 1. The largest absolute Gasteiger partial charge is 0.465 e. The lowest BCUT2D eigenvalue weighted by atomic mass is 10.1. The standard InChI is InChI=1S/C17H11FO6/c1-22-16(20)14-12(8-5-10-3-6-11(18)7-4-10)13(9-19)24-15(14)17(21)23-2/h3-4,6-7,9H,1-2H3. The smallest absolute Gasteiger partial charge is 0.374 e. The highest BCUT2D eigenvalue weighted by atomic mass is 19.1. The molecule has 0 aliphatic heterocycles. The van der Waals surface area contributed by atoms with E-state index in [-0.39, 0.29) is 16.9 Å². The minimum Gasteiger partial charge on any atom is -0.465 e. The number of rotatable bonds is 3. The average Bonchev–Trinajstić information content (AvgIpc) is 2.98. The number of hydrogen-bond donors (Lipinski definition) is 0. The maximum absolute atomic E-state index is 12.9. The number of halogens is 1. The Morgan fingerprint density at radius 3 is 2.25 bits per heavy atom. The van der Waals surface area contributed by atoms with Crippen LogP contribution in [0.3, 0.4) is 0 Å². The van der Waals surface area contributed by atoms with Crippen LogP contribution in [0, 0.1) is 17.7 Å². The molecule has 0 aliphatic rings. The Morgan fingerprint density at radius 2 is 1.71 bits per heavy atom. The molecule has 6 nitrogen and oxygen atoms in total. The number of furan rings is 1. The summed E-state index contributed by atoms with van der Waals surface area (Å²) in [6, 6.07) is 5.26. The van der Waals surface area contributed by atoms with E-state index in [1.165, 1.54) is 24.3 Å². The summed E-state index contributed by atoms with van der Waals surface area (Å²) in [6.45, 7) is 0. The van der Waals surface area contributed by atoms with Gasteiger partial charge in [0.15, 0.2) is 12.0 Å². The molecule has 24 heavy (non-hydrogen) atoms. The minimum absolute atomic E-state index is 0.110. The quantitative estimate of drug-likeness (QED) is 0.487. The van der Waals surface area contributed by atoms with Gasteiger partial charge >= 0.3 is 11.9 Å². The second kappa shape index (κ2) is 7.24. The second-order valence-corrected chi connectivity index (χ2v) is 4.40. The molecule has 0 atom stereocenters. The first-order valence-corrected chi connectivity index (χ1v) is 6.58. The molecule has 0 spiro atoms. The molecule has 0 saturated carbocycles. The highest BCUT2D eigenvalue weighted by Gasteiger charge is 2.30. The van der Waals surface area contributed by atoms with Crippen LogP contribution in [0.4, 0.5) is 4.39 Å². The molecule has 7 heteroatoms. The van der Waals surface area contributed by atoms with Crippen LogP contribution >= 0.6 is 0 Å². The summed E-state index contributed by atoms with van der Waals surface area (Å²) in [5, 5.41) is 0. The van der Waals surface area contributed by atoms with Gasteiger partial charge in [0.2, 0.25) is 5.76 Å². The van der Waals surface area contributed by atoms with Gasteiger partial charge in [-0.15, -0.1) is 0 Å². The van der Waals surface area contributed by atoms with Gasteiger partial charge < -0.3 is 13.9 Å². The van der Waals surface area contributed by atoms with Crippen molar-refractivity contribution in [2.75, 3.05) is 14.2 Å². The van der Waals surface area contributed by atoms with E-state index in [1.54, 1.807) is 0 Å². The summed E-state index contributed by atoms with van der Waals surface area (Å²) >= 11 is 0. The fourth-order valence-corrected chi connectivity index (χ4v) is 1.86. The van der Waals surface area contributed by atoms with Crippen molar-refractivity contribution in [1.29, 1.82) is 0 Å². The van der Waals surface area contributed by atoms with Crippen molar-refractivity contribution in [1.82, 2.24) is 0 Å². The number of carbonyl (C=O) groups excluding carboxylic acids is 3. The SMILES string of the molecule is COC(=O)c1oc(C=O)c(C#Cc2ccc(F)cc2)c1C(=O)OC. The lowest BCUT2D eigenvalue weighted by molar-refractivity contribution is 0.0527. The normalized spacial score (nSPS) is 9.62. The van der Waals surface area contributed by atoms with E-state index in [4.69, 9.17) is 4.42 Å². The number of ether oxygens (including phenoxy) is 2. The summed E-state index contributed by atoms with van der Waals surface area (Å²) in [5.74, 6) is 2.16. The Kier molecular flexibility index (Phi) is 5.12. The van der Waals surface area contributed by atoms with Crippen LogP contribution in [0.25, 0.3) is 0 Å².